The summed E-state index contributed by atoms with van der Waals surface area (Å²) in [4.78, 5) is 25.6. The molecule has 22 heavy (non-hydrogen) atoms. The van der Waals surface area contributed by atoms with E-state index in [0.717, 1.165) is 30.9 Å². The minimum atomic E-state index is -0.365. The number of anilines is 1. The van der Waals surface area contributed by atoms with E-state index in [1.54, 1.807) is 6.07 Å². The first-order chi connectivity index (χ1) is 10.6. The molecule has 1 aromatic carbocycles. The predicted molar refractivity (Wildman–Crippen MR) is 84.6 cm³/mol. The van der Waals surface area contributed by atoms with Crippen molar-refractivity contribution in [1.29, 1.82) is 0 Å². The highest BCUT2D eigenvalue weighted by molar-refractivity contribution is 5.98. The third-order valence-corrected chi connectivity index (χ3v) is 3.96. The smallest absolute Gasteiger partial charge is 0.305 e. The molecule has 0 spiro atoms. The highest BCUT2D eigenvalue weighted by atomic mass is 16.5. The first-order valence-corrected chi connectivity index (χ1v) is 7.74. The fraction of sp³-hybridized carbons (Fsp3) is 0.529. The number of carbonyl (C=O) groups is 2. The molecule has 0 fully saturated rings. The van der Waals surface area contributed by atoms with Gasteiger partial charge in [-0.1, -0.05) is 6.92 Å². The van der Waals surface area contributed by atoms with Crippen molar-refractivity contribution in [3.05, 3.63) is 23.8 Å². The predicted octanol–water partition coefficient (Wildman–Crippen LogP) is 2.82. The van der Waals surface area contributed by atoms with Gasteiger partial charge >= 0.3 is 5.97 Å². The summed E-state index contributed by atoms with van der Waals surface area (Å²) >= 11 is 0. The minimum absolute atomic E-state index is 0.0538. The molecule has 5 heteroatoms. The molecule has 0 N–H and O–H groups in total. The van der Waals surface area contributed by atoms with Crippen LogP contribution in [0.4, 0.5) is 5.69 Å². The lowest BCUT2D eigenvalue weighted by molar-refractivity contribution is -0.140. The summed E-state index contributed by atoms with van der Waals surface area (Å²) in [5.74, 6) is 0.405. The molecular weight excluding hydrogens is 282 g/mol. The van der Waals surface area contributed by atoms with E-state index < -0.39 is 0 Å². The molecule has 2 rings (SSSR count). The fourth-order valence-electron chi connectivity index (χ4n) is 2.57. The second kappa shape index (κ2) is 7.29. The lowest BCUT2D eigenvalue weighted by Gasteiger charge is -2.35. The van der Waals surface area contributed by atoms with E-state index in [4.69, 9.17) is 4.74 Å². The SMILES string of the molecule is CCC1CN(CC)c2cc(C(=O)CCC(=O)OC)ccc2O1. The van der Waals surface area contributed by atoms with Crippen LogP contribution in [0.1, 0.15) is 43.5 Å². The number of hydrogen-bond donors (Lipinski definition) is 0. The molecule has 120 valence electrons. The van der Waals surface area contributed by atoms with Gasteiger partial charge in [-0.25, -0.2) is 0 Å². The van der Waals surface area contributed by atoms with Gasteiger partial charge in [-0.15, -0.1) is 0 Å². The van der Waals surface area contributed by atoms with Gasteiger partial charge in [-0.3, -0.25) is 9.59 Å². The van der Waals surface area contributed by atoms with E-state index in [-0.39, 0.29) is 30.7 Å². The van der Waals surface area contributed by atoms with Gasteiger partial charge in [0.2, 0.25) is 0 Å². The monoisotopic (exact) mass is 305 g/mol. The van der Waals surface area contributed by atoms with Crippen molar-refractivity contribution in [2.75, 3.05) is 25.1 Å². The van der Waals surface area contributed by atoms with Crippen molar-refractivity contribution in [3.8, 4) is 5.75 Å². The van der Waals surface area contributed by atoms with Gasteiger partial charge in [0, 0.05) is 18.5 Å². The van der Waals surface area contributed by atoms with Crippen molar-refractivity contribution in [2.45, 2.75) is 39.2 Å². The van der Waals surface area contributed by atoms with Crippen LogP contribution in [-0.2, 0) is 9.53 Å². The molecule has 1 atom stereocenters. The molecule has 0 aromatic heterocycles. The number of benzene rings is 1. The van der Waals surface area contributed by atoms with Crippen LogP contribution in [0.5, 0.6) is 5.75 Å². The number of likely N-dealkylation sites (N-methyl/N-ethyl adjacent to an activating group) is 1. The lowest BCUT2D eigenvalue weighted by Crippen LogP contribution is -2.39. The van der Waals surface area contributed by atoms with E-state index in [1.165, 1.54) is 7.11 Å². The first-order valence-electron chi connectivity index (χ1n) is 7.74. The van der Waals surface area contributed by atoms with Gasteiger partial charge in [0.25, 0.3) is 0 Å². The Balaban J connectivity index is 2.16. The number of ketones is 1. The van der Waals surface area contributed by atoms with Crippen LogP contribution in [0.25, 0.3) is 0 Å². The minimum Gasteiger partial charge on any atom is -0.486 e. The zero-order valence-corrected chi connectivity index (χ0v) is 13.4. The van der Waals surface area contributed by atoms with Crippen molar-refractivity contribution in [3.63, 3.8) is 0 Å². The molecule has 1 aromatic rings. The van der Waals surface area contributed by atoms with Crippen LogP contribution in [0.15, 0.2) is 18.2 Å². The summed E-state index contributed by atoms with van der Waals surface area (Å²) in [5.41, 5.74) is 1.57. The Bertz CT molecular complexity index is 556. The molecule has 0 saturated carbocycles. The summed E-state index contributed by atoms with van der Waals surface area (Å²) in [6, 6.07) is 5.49. The highest BCUT2D eigenvalue weighted by Gasteiger charge is 2.24. The highest BCUT2D eigenvalue weighted by Crippen LogP contribution is 2.35. The van der Waals surface area contributed by atoms with E-state index in [0.29, 0.717) is 5.56 Å². The zero-order chi connectivity index (χ0) is 16.1. The topological polar surface area (TPSA) is 55.8 Å². The molecule has 1 aliphatic heterocycles. The second-order valence-electron chi connectivity index (χ2n) is 5.37. The molecule has 0 bridgehead atoms. The maximum absolute atomic E-state index is 12.2. The fourth-order valence-corrected chi connectivity index (χ4v) is 2.57. The van der Waals surface area contributed by atoms with Gasteiger partial charge in [0.15, 0.2) is 5.78 Å². The molecule has 0 radical (unpaired) electrons. The number of hydrogen-bond acceptors (Lipinski definition) is 5. The van der Waals surface area contributed by atoms with Crippen molar-refractivity contribution in [2.24, 2.45) is 0 Å². The Morgan fingerprint density at radius 3 is 2.73 bits per heavy atom. The van der Waals surface area contributed by atoms with Crippen molar-refractivity contribution < 1.29 is 19.1 Å². The average Bonchev–Trinajstić information content (AvgIpc) is 2.57. The number of methoxy groups -OCH3 is 1. The van der Waals surface area contributed by atoms with Crippen LogP contribution >= 0.6 is 0 Å². The van der Waals surface area contributed by atoms with Crippen LogP contribution in [-0.4, -0.2) is 38.1 Å². The van der Waals surface area contributed by atoms with E-state index in [9.17, 15) is 9.59 Å². The maximum Gasteiger partial charge on any atom is 0.305 e. The third kappa shape index (κ3) is 3.59. The summed E-state index contributed by atoms with van der Waals surface area (Å²) < 4.78 is 10.5. The summed E-state index contributed by atoms with van der Waals surface area (Å²) in [5, 5.41) is 0. The lowest BCUT2D eigenvalue weighted by atomic mass is 10.0. The summed E-state index contributed by atoms with van der Waals surface area (Å²) in [7, 11) is 1.33. The standard InChI is InChI=1S/C17H23NO4/c1-4-13-11-18(5-2)14-10-12(6-8-16(14)22-13)15(19)7-9-17(20)21-3/h6,8,10,13H,4-5,7,9,11H2,1-3H3. The van der Waals surface area contributed by atoms with Crippen molar-refractivity contribution >= 4 is 17.4 Å². The van der Waals surface area contributed by atoms with Gasteiger partial charge in [-0.05, 0) is 31.5 Å². The van der Waals surface area contributed by atoms with E-state index >= 15 is 0 Å². The number of ether oxygens (including phenoxy) is 2. The molecule has 0 aliphatic carbocycles. The normalized spacial score (nSPS) is 16.7. The molecule has 1 aliphatic rings. The van der Waals surface area contributed by atoms with Gasteiger partial charge in [0.05, 0.1) is 25.8 Å². The Hall–Kier alpha value is -2.04. The van der Waals surface area contributed by atoms with Crippen molar-refractivity contribution in [1.82, 2.24) is 0 Å². The van der Waals surface area contributed by atoms with E-state index in [1.807, 2.05) is 12.1 Å². The van der Waals surface area contributed by atoms with Gasteiger partial charge in [0.1, 0.15) is 11.9 Å². The second-order valence-corrected chi connectivity index (χ2v) is 5.37. The number of rotatable bonds is 6. The molecule has 0 amide bonds. The molecular formula is C17H23NO4. The third-order valence-electron chi connectivity index (χ3n) is 3.96. The molecule has 1 unspecified atom stereocenters. The van der Waals surface area contributed by atoms with E-state index in [2.05, 4.69) is 23.5 Å². The number of carbonyl (C=O) groups excluding carboxylic acids is 2. The summed E-state index contributed by atoms with van der Waals surface area (Å²) in [6.45, 7) is 5.90. The molecule has 5 nitrogen and oxygen atoms in total. The molecule has 0 saturated heterocycles. The van der Waals surface area contributed by atoms with Gasteiger partial charge < -0.3 is 14.4 Å². The zero-order valence-electron chi connectivity index (χ0n) is 13.4. The number of Topliss-reactive ketones (excluding diaryl/α,β-unsaturated/α-hetero) is 1. The number of nitrogens with zero attached hydrogens (tertiary/aromatic N) is 1. The van der Waals surface area contributed by atoms with Crippen LogP contribution in [0, 0.1) is 0 Å². The van der Waals surface area contributed by atoms with Crippen LogP contribution < -0.4 is 9.64 Å². The Kier molecular flexibility index (Phi) is 5.41. The number of esters is 1. The summed E-state index contributed by atoms with van der Waals surface area (Å²) in [6.07, 6.45) is 1.41. The average molecular weight is 305 g/mol. The molecule has 1 heterocycles. The quantitative estimate of drug-likeness (QED) is 0.597. The van der Waals surface area contributed by atoms with Crippen LogP contribution in [0.2, 0.25) is 0 Å². The number of fused-ring (bicyclic) bond motifs is 1. The Labute approximate surface area is 131 Å². The van der Waals surface area contributed by atoms with Gasteiger partial charge in [-0.2, -0.15) is 0 Å². The van der Waals surface area contributed by atoms with Crippen LogP contribution in [0.3, 0.4) is 0 Å². The first kappa shape index (κ1) is 16.3. The maximum atomic E-state index is 12.2. The largest absolute Gasteiger partial charge is 0.486 e. The Morgan fingerprint density at radius 2 is 2.09 bits per heavy atom. The Morgan fingerprint density at radius 1 is 1.32 bits per heavy atom.